The lowest BCUT2D eigenvalue weighted by Gasteiger charge is -2.17. The molecule has 0 aliphatic rings. The maximum atomic E-state index is 12.7. The fourth-order valence-electron chi connectivity index (χ4n) is 3.04. The van der Waals surface area contributed by atoms with Gasteiger partial charge in [-0.05, 0) is 56.5 Å². The molecule has 5 nitrogen and oxygen atoms in total. The average molecular weight is 465 g/mol. The zero-order chi connectivity index (χ0) is 23.5. The first-order valence-electron chi connectivity index (χ1n) is 10.1. The average Bonchev–Trinajstić information content (AvgIpc) is 2.72. The minimum Gasteiger partial charge on any atom is -0.406 e. The Hall–Kier alpha value is -3.00. The van der Waals surface area contributed by atoms with E-state index >= 15 is 0 Å². The van der Waals surface area contributed by atoms with Crippen LogP contribution in [0.1, 0.15) is 31.4 Å². The number of ether oxygens (including phenoxy) is 1. The summed E-state index contributed by atoms with van der Waals surface area (Å²) in [6, 6.07) is 11.2. The van der Waals surface area contributed by atoms with E-state index in [4.69, 9.17) is 11.6 Å². The van der Waals surface area contributed by atoms with Crippen LogP contribution < -0.4 is 15.4 Å². The van der Waals surface area contributed by atoms with Gasteiger partial charge in [0.15, 0.2) is 0 Å². The second-order valence-corrected chi connectivity index (χ2v) is 7.89. The summed E-state index contributed by atoms with van der Waals surface area (Å²) in [6.45, 7) is 7.86. The van der Waals surface area contributed by atoms with E-state index in [0.29, 0.717) is 28.0 Å². The SMILES string of the molecule is CC[C@H](C)Nc1nc(Nc2c(C)ccc(Cl)c2C)cc(-c2cccc(OC(F)(F)F)c2)n1. The highest BCUT2D eigenvalue weighted by molar-refractivity contribution is 6.31. The third-order valence-electron chi connectivity index (χ3n) is 4.94. The Morgan fingerprint density at radius 1 is 1.09 bits per heavy atom. The van der Waals surface area contributed by atoms with Crippen LogP contribution in [0.3, 0.4) is 0 Å². The normalized spacial score (nSPS) is 12.4. The van der Waals surface area contributed by atoms with Crippen molar-refractivity contribution < 1.29 is 17.9 Å². The number of nitrogens with one attached hydrogen (secondary N) is 2. The van der Waals surface area contributed by atoms with Crippen molar-refractivity contribution in [3.8, 4) is 17.0 Å². The quantitative estimate of drug-likeness (QED) is 0.385. The van der Waals surface area contributed by atoms with Crippen LogP contribution in [-0.4, -0.2) is 22.4 Å². The number of alkyl halides is 3. The van der Waals surface area contributed by atoms with Gasteiger partial charge in [-0.15, -0.1) is 13.2 Å². The molecule has 2 aromatic carbocycles. The summed E-state index contributed by atoms with van der Waals surface area (Å²) in [4.78, 5) is 9.06. The fraction of sp³-hybridized carbons (Fsp3) is 0.304. The molecule has 170 valence electrons. The van der Waals surface area contributed by atoms with E-state index in [1.165, 1.54) is 18.2 Å². The molecule has 0 saturated heterocycles. The summed E-state index contributed by atoms with van der Waals surface area (Å²) in [7, 11) is 0. The number of hydrogen-bond donors (Lipinski definition) is 2. The number of aromatic nitrogens is 2. The monoisotopic (exact) mass is 464 g/mol. The predicted octanol–water partition coefficient (Wildman–Crippen LogP) is 7.27. The molecule has 0 fully saturated rings. The van der Waals surface area contributed by atoms with Gasteiger partial charge in [0, 0.05) is 28.4 Å². The standard InChI is InChI=1S/C23H24ClF3N4O/c1-5-14(3)28-22-29-19(16-7-6-8-17(11-16)32-23(25,26)27)12-20(31-22)30-21-13(2)9-10-18(24)15(21)4/h6-12,14H,5H2,1-4H3,(H2,28,29,30,31)/t14-/m0/s1. The zero-order valence-electron chi connectivity index (χ0n) is 18.1. The Labute approximate surface area is 190 Å². The summed E-state index contributed by atoms with van der Waals surface area (Å²) in [6.07, 6.45) is -3.93. The second kappa shape index (κ2) is 9.65. The van der Waals surface area contributed by atoms with Crippen molar-refractivity contribution in [2.45, 2.75) is 46.5 Å². The van der Waals surface area contributed by atoms with Gasteiger partial charge in [-0.1, -0.05) is 36.7 Å². The number of hydrogen-bond acceptors (Lipinski definition) is 5. The molecule has 32 heavy (non-hydrogen) atoms. The summed E-state index contributed by atoms with van der Waals surface area (Å²) < 4.78 is 42.0. The number of anilines is 3. The third-order valence-corrected chi connectivity index (χ3v) is 5.35. The topological polar surface area (TPSA) is 59.1 Å². The molecule has 0 spiro atoms. The van der Waals surface area contributed by atoms with Crippen molar-refractivity contribution in [3.63, 3.8) is 0 Å². The second-order valence-electron chi connectivity index (χ2n) is 7.48. The highest BCUT2D eigenvalue weighted by Gasteiger charge is 2.31. The number of halogens is 4. The lowest BCUT2D eigenvalue weighted by Crippen LogP contribution is -2.17. The number of rotatable bonds is 7. The summed E-state index contributed by atoms with van der Waals surface area (Å²) >= 11 is 6.28. The lowest BCUT2D eigenvalue weighted by atomic mass is 10.1. The minimum absolute atomic E-state index is 0.104. The van der Waals surface area contributed by atoms with Crippen molar-refractivity contribution in [3.05, 3.63) is 58.6 Å². The van der Waals surface area contributed by atoms with Crippen molar-refractivity contribution in [2.75, 3.05) is 10.6 Å². The van der Waals surface area contributed by atoms with E-state index in [0.717, 1.165) is 23.2 Å². The van der Waals surface area contributed by atoms with Gasteiger partial charge in [-0.25, -0.2) is 4.98 Å². The molecular weight excluding hydrogens is 441 g/mol. The van der Waals surface area contributed by atoms with E-state index in [-0.39, 0.29) is 11.8 Å². The van der Waals surface area contributed by atoms with Crippen LogP contribution in [-0.2, 0) is 0 Å². The Bertz CT molecular complexity index is 1110. The summed E-state index contributed by atoms with van der Waals surface area (Å²) in [5.74, 6) is 0.524. The van der Waals surface area contributed by atoms with Gasteiger partial charge in [0.1, 0.15) is 11.6 Å². The van der Waals surface area contributed by atoms with Crippen LogP contribution in [0.2, 0.25) is 5.02 Å². The molecule has 2 N–H and O–H groups in total. The Morgan fingerprint density at radius 3 is 2.53 bits per heavy atom. The van der Waals surface area contributed by atoms with Gasteiger partial charge in [0.05, 0.1) is 5.69 Å². The van der Waals surface area contributed by atoms with Crippen LogP contribution in [0.5, 0.6) is 5.75 Å². The van der Waals surface area contributed by atoms with E-state index in [9.17, 15) is 13.2 Å². The number of nitrogens with zero attached hydrogens (tertiary/aromatic N) is 2. The van der Waals surface area contributed by atoms with Gasteiger partial charge in [-0.2, -0.15) is 4.98 Å². The van der Waals surface area contributed by atoms with Gasteiger partial charge in [0.25, 0.3) is 0 Å². The van der Waals surface area contributed by atoms with Crippen molar-refractivity contribution >= 4 is 29.1 Å². The molecule has 0 aliphatic heterocycles. The molecule has 3 aromatic rings. The predicted molar refractivity (Wildman–Crippen MR) is 122 cm³/mol. The van der Waals surface area contributed by atoms with Gasteiger partial charge >= 0.3 is 6.36 Å². The molecule has 0 amide bonds. The Morgan fingerprint density at radius 2 is 1.84 bits per heavy atom. The van der Waals surface area contributed by atoms with Gasteiger partial charge in [-0.3, -0.25) is 0 Å². The third kappa shape index (κ3) is 6.03. The van der Waals surface area contributed by atoms with E-state index in [1.807, 2.05) is 39.8 Å². The number of aryl methyl sites for hydroxylation is 1. The van der Waals surface area contributed by atoms with Gasteiger partial charge < -0.3 is 15.4 Å². The van der Waals surface area contributed by atoms with Crippen molar-refractivity contribution in [1.29, 1.82) is 0 Å². The Kier molecular flexibility index (Phi) is 7.13. The first-order valence-corrected chi connectivity index (χ1v) is 10.5. The largest absolute Gasteiger partial charge is 0.573 e. The molecular formula is C23H24ClF3N4O. The molecule has 0 radical (unpaired) electrons. The first kappa shape index (κ1) is 23.7. The first-order chi connectivity index (χ1) is 15.1. The molecule has 0 unspecified atom stereocenters. The fourth-order valence-corrected chi connectivity index (χ4v) is 3.20. The highest BCUT2D eigenvalue weighted by atomic mass is 35.5. The Balaban J connectivity index is 2.05. The molecule has 0 aliphatic carbocycles. The van der Waals surface area contributed by atoms with Crippen LogP contribution in [0.25, 0.3) is 11.3 Å². The lowest BCUT2D eigenvalue weighted by molar-refractivity contribution is -0.274. The molecule has 3 rings (SSSR count). The van der Waals surface area contributed by atoms with Crippen LogP contribution >= 0.6 is 11.6 Å². The van der Waals surface area contributed by atoms with Crippen LogP contribution in [0.15, 0.2) is 42.5 Å². The van der Waals surface area contributed by atoms with Crippen molar-refractivity contribution in [1.82, 2.24) is 9.97 Å². The molecule has 1 atom stereocenters. The maximum absolute atomic E-state index is 12.7. The minimum atomic E-state index is -4.78. The number of benzene rings is 2. The zero-order valence-corrected chi connectivity index (χ0v) is 18.9. The smallest absolute Gasteiger partial charge is 0.406 e. The summed E-state index contributed by atoms with van der Waals surface area (Å²) in [5, 5.41) is 7.12. The molecule has 1 aromatic heterocycles. The van der Waals surface area contributed by atoms with Gasteiger partial charge in [0.2, 0.25) is 5.95 Å². The van der Waals surface area contributed by atoms with E-state index in [1.54, 1.807) is 12.1 Å². The molecule has 0 saturated carbocycles. The van der Waals surface area contributed by atoms with E-state index < -0.39 is 6.36 Å². The van der Waals surface area contributed by atoms with Crippen molar-refractivity contribution in [2.24, 2.45) is 0 Å². The molecule has 1 heterocycles. The van der Waals surface area contributed by atoms with Crippen LogP contribution in [0, 0.1) is 13.8 Å². The maximum Gasteiger partial charge on any atom is 0.573 e. The summed E-state index contributed by atoms with van der Waals surface area (Å²) in [5.41, 5.74) is 3.56. The van der Waals surface area contributed by atoms with E-state index in [2.05, 4.69) is 25.3 Å². The molecule has 0 bridgehead atoms. The highest BCUT2D eigenvalue weighted by Crippen LogP contribution is 2.32. The molecule has 9 heteroatoms. The van der Waals surface area contributed by atoms with Crippen LogP contribution in [0.4, 0.5) is 30.6 Å².